The standard InChI is InChI=1S/C12H11BrClN3O2/c1-17(6-8-2-3-10(13)19-8)12(18)9-4-7(15)5-16-11(9)14/h2-5H,6,15H2,1H3. The number of carbonyl (C=O) groups excluding carboxylic acids is 1. The SMILES string of the molecule is CN(Cc1ccc(Br)o1)C(=O)c1cc(N)cnc1Cl. The largest absolute Gasteiger partial charge is 0.452 e. The van der Waals surface area contributed by atoms with Crippen molar-refractivity contribution in [3.8, 4) is 0 Å². The van der Waals surface area contributed by atoms with Crippen LogP contribution in [0.4, 0.5) is 5.69 Å². The summed E-state index contributed by atoms with van der Waals surface area (Å²) in [5.41, 5.74) is 6.27. The van der Waals surface area contributed by atoms with Crippen molar-refractivity contribution in [3.05, 3.63) is 45.5 Å². The fourth-order valence-electron chi connectivity index (χ4n) is 1.56. The number of hydrogen-bond donors (Lipinski definition) is 1. The number of nitrogen functional groups attached to an aromatic ring is 1. The first-order valence-corrected chi connectivity index (χ1v) is 6.55. The van der Waals surface area contributed by atoms with Gasteiger partial charge in [-0.05, 0) is 34.1 Å². The van der Waals surface area contributed by atoms with Crippen molar-refractivity contribution in [2.75, 3.05) is 12.8 Å². The molecular formula is C12H11BrClN3O2. The number of aromatic nitrogens is 1. The van der Waals surface area contributed by atoms with E-state index in [4.69, 9.17) is 21.8 Å². The second kappa shape index (κ2) is 5.63. The molecule has 0 aliphatic carbocycles. The number of carbonyl (C=O) groups is 1. The third kappa shape index (κ3) is 3.27. The number of nitrogens with two attached hydrogens (primary N) is 1. The molecule has 0 aliphatic heterocycles. The van der Waals surface area contributed by atoms with Crippen molar-refractivity contribution in [3.63, 3.8) is 0 Å². The van der Waals surface area contributed by atoms with Crippen molar-refractivity contribution < 1.29 is 9.21 Å². The Bertz CT molecular complexity index is 615. The van der Waals surface area contributed by atoms with E-state index in [1.165, 1.54) is 17.2 Å². The molecule has 2 N–H and O–H groups in total. The summed E-state index contributed by atoms with van der Waals surface area (Å²) in [4.78, 5) is 17.6. The third-order valence-corrected chi connectivity index (χ3v) is 3.19. The molecule has 0 atom stereocenters. The number of nitrogens with zero attached hydrogens (tertiary/aromatic N) is 2. The van der Waals surface area contributed by atoms with Gasteiger partial charge in [-0.2, -0.15) is 0 Å². The van der Waals surface area contributed by atoms with E-state index in [2.05, 4.69) is 20.9 Å². The molecule has 0 aromatic carbocycles. The Morgan fingerprint density at radius 2 is 2.32 bits per heavy atom. The maximum Gasteiger partial charge on any atom is 0.257 e. The van der Waals surface area contributed by atoms with Crippen LogP contribution < -0.4 is 5.73 Å². The van der Waals surface area contributed by atoms with Gasteiger partial charge in [-0.3, -0.25) is 4.79 Å². The molecule has 5 nitrogen and oxygen atoms in total. The van der Waals surface area contributed by atoms with Crippen LogP contribution in [0.25, 0.3) is 0 Å². The van der Waals surface area contributed by atoms with Crippen molar-refractivity contribution >= 4 is 39.1 Å². The topological polar surface area (TPSA) is 72.4 Å². The lowest BCUT2D eigenvalue weighted by Crippen LogP contribution is -2.26. The molecule has 0 bridgehead atoms. The lowest BCUT2D eigenvalue weighted by atomic mass is 10.2. The van der Waals surface area contributed by atoms with Crippen LogP contribution in [0.1, 0.15) is 16.1 Å². The predicted molar refractivity (Wildman–Crippen MR) is 75.9 cm³/mol. The van der Waals surface area contributed by atoms with Crippen LogP contribution in [0.5, 0.6) is 0 Å². The van der Waals surface area contributed by atoms with Gasteiger partial charge in [-0.15, -0.1) is 0 Å². The van der Waals surface area contributed by atoms with E-state index < -0.39 is 0 Å². The van der Waals surface area contributed by atoms with E-state index in [1.54, 1.807) is 19.2 Å². The Morgan fingerprint density at radius 1 is 1.58 bits per heavy atom. The predicted octanol–water partition coefficient (Wildman–Crippen LogP) is 2.94. The summed E-state index contributed by atoms with van der Waals surface area (Å²) in [7, 11) is 1.65. The quantitative estimate of drug-likeness (QED) is 0.869. The number of amides is 1. The zero-order valence-electron chi connectivity index (χ0n) is 10.1. The van der Waals surface area contributed by atoms with Crippen LogP contribution >= 0.6 is 27.5 Å². The summed E-state index contributed by atoms with van der Waals surface area (Å²) < 4.78 is 5.96. The molecule has 0 spiro atoms. The molecule has 0 aliphatic rings. The maximum atomic E-state index is 12.2. The Morgan fingerprint density at radius 3 is 2.95 bits per heavy atom. The Hall–Kier alpha value is -1.53. The highest BCUT2D eigenvalue weighted by atomic mass is 79.9. The maximum absolute atomic E-state index is 12.2. The minimum Gasteiger partial charge on any atom is -0.452 e. The molecule has 2 rings (SSSR count). The van der Waals surface area contributed by atoms with Crippen molar-refractivity contribution in [2.45, 2.75) is 6.54 Å². The first-order chi connectivity index (χ1) is 8.97. The molecule has 0 unspecified atom stereocenters. The lowest BCUT2D eigenvalue weighted by molar-refractivity contribution is 0.0775. The number of anilines is 1. The summed E-state index contributed by atoms with van der Waals surface area (Å²) >= 11 is 9.10. The molecule has 7 heteroatoms. The minimum absolute atomic E-state index is 0.131. The number of rotatable bonds is 3. The second-order valence-corrected chi connectivity index (χ2v) is 5.11. The third-order valence-electron chi connectivity index (χ3n) is 2.46. The smallest absolute Gasteiger partial charge is 0.257 e. The van der Waals surface area contributed by atoms with Crippen molar-refractivity contribution in [1.82, 2.24) is 9.88 Å². The normalized spacial score (nSPS) is 10.5. The van der Waals surface area contributed by atoms with E-state index in [1.807, 2.05) is 0 Å². The average Bonchev–Trinajstić information content (AvgIpc) is 2.77. The zero-order chi connectivity index (χ0) is 14.0. The summed E-state index contributed by atoms with van der Waals surface area (Å²) in [5.74, 6) is 0.396. The van der Waals surface area contributed by atoms with E-state index >= 15 is 0 Å². The number of halogens is 2. The molecule has 0 saturated heterocycles. The van der Waals surface area contributed by atoms with Gasteiger partial charge >= 0.3 is 0 Å². The second-order valence-electron chi connectivity index (χ2n) is 3.97. The van der Waals surface area contributed by atoms with Crippen LogP contribution in [-0.4, -0.2) is 22.8 Å². The summed E-state index contributed by atoms with van der Waals surface area (Å²) in [6.45, 7) is 0.329. The van der Waals surface area contributed by atoms with Gasteiger partial charge in [-0.1, -0.05) is 11.6 Å². The summed E-state index contributed by atoms with van der Waals surface area (Å²) in [6.07, 6.45) is 1.41. The average molecular weight is 345 g/mol. The highest BCUT2D eigenvalue weighted by molar-refractivity contribution is 9.10. The summed E-state index contributed by atoms with van der Waals surface area (Å²) in [5, 5.41) is 0.131. The molecular weight excluding hydrogens is 334 g/mol. The zero-order valence-corrected chi connectivity index (χ0v) is 12.4. The number of pyridine rings is 1. The molecule has 0 saturated carbocycles. The van der Waals surface area contributed by atoms with E-state index in [0.29, 0.717) is 22.7 Å². The molecule has 2 aromatic rings. The minimum atomic E-state index is -0.266. The highest BCUT2D eigenvalue weighted by Gasteiger charge is 2.17. The molecule has 100 valence electrons. The van der Waals surface area contributed by atoms with Gasteiger partial charge in [0.25, 0.3) is 5.91 Å². The van der Waals surface area contributed by atoms with E-state index in [9.17, 15) is 4.79 Å². The number of hydrogen-bond acceptors (Lipinski definition) is 4. The lowest BCUT2D eigenvalue weighted by Gasteiger charge is -2.16. The first kappa shape index (κ1) is 13.9. The van der Waals surface area contributed by atoms with E-state index in [0.717, 1.165) is 0 Å². The van der Waals surface area contributed by atoms with Crippen LogP contribution in [-0.2, 0) is 6.54 Å². The molecule has 2 heterocycles. The van der Waals surface area contributed by atoms with Crippen LogP contribution in [0.2, 0.25) is 5.15 Å². The number of furan rings is 1. The molecule has 0 fully saturated rings. The van der Waals surface area contributed by atoms with Gasteiger partial charge in [0.1, 0.15) is 10.9 Å². The Kier molecular flexibility index (Phi) is 4.11. The van der Waals surface area contributed by atoms with Crippen molar-refractivity contribution in [2.24, 2.45) is 0 Å². The van der Waals surface area contributed by atoms with Gasteiger partial charge in [0.15, 0.2) is 4.67 Å². The van der Waals surface area contributed by atoms with Crippen LogP contribution in [0, 0.1) is 0 Å². The van der Waals surface area contributed by atoms with Gasteiger partial charge in [0.2, 0.25) is 0 Å². The fraction of sp³-hybridized carbons (Fsp3) is 0.167. The van der Waals surface area contributed by atoms with Gasteiger partial charge < -0.3 is 15.1 Å². The highest BCUT2D eigenvalue weighted by Crippen LogP contribution is 2.19. The van der Waals surface area contributed by atoms with Gasteiger partial charge in [-0.25, -0.2) is 4.98 Å². The molecule has 1 amide bonds. The Balaban J connectivity index is 2.16. The molecule has 2 aromatic heterocycles. The monoisotopic (exact) mass is 343 g/mol. The Labute approximate surface area is 123 Å². The summed E-state index contributed by atoms with van der Waals surface area (Å²) in [6, 6.07) is 5.06. The fourth-order valence-corrected chi connectivity index (χ4v) is 2.09. The molecule has 0 radical (unpaired) electrons. The van der Waals surface area contributed by atoms with Crippen LogP contribution in [0.15, 0.2) is 33.5 Å². The van der Waals surface area contributed by atoms with Gasteiger partial charge in [0.05, 0.1) is 24.0 Å². The van der Waals surface area contributed by atoms with Gasteiger partial charge in [0, 0.05) is 7.05 Å². The molecule has 19 heavy (non-hydrogen) atoms. The van der Waals surface area contributed by atoms with Crippen LogP contribution in [0.3, 0.4) is 0 Å². The first-order valence-electron chi connectivity index (χ1n) is 5.38. The van der Waals surface area contributed by atoms with Crippen molar-refractivity contribution in [1.29, 1.82) is 0 Å². The van der Waals surface area contributed by atoms with E-state index in [-0.39, 0.29) is 16.6 Å².